The van der Waals surface area contributed by atoms with Gasteiger partial charge in [0.15, 0.2) is 0 Å². The first-order valence-electron chi connectivity index (χ1n) is 6.12. The third kappa shape index (κ3) is 4.17. The van der Waals surface area contributed by atoms with Gasteiger partial charge in [-0.2, -0.15) is 4.31 Å². The molecular weight excluding hydrogens is 272 g/mol. The van der Waals surface area contributed by atoms with Gasteiger partial charge in [0.1, 0.15) is 12.1 Å². The van der Waals surface area contributed by atoms with Gasteiger partial charge in [0, 0.05) is 6.54 Å². The van der Waals surface area contributed by atoms with Crippen LogP contribution in [0.3, 0.4) is 0 Å². The molecule has 1 N–H and O–H groups in total. The second-order valence-electron chi connectivity index (χ2n) is 4.64. The van der Waals surface area contributed by atoms with Gasteiger partial charge in [0.2, 0.25) is 15.9 Å². The van der Waals surface area contributed by atoms with Gasteiger partial charge in [-0.1, -0.05) is 6.42 Å². The van der Waals surface area contributed by atoms with Gasteiger partial charge in [-0.05, 0) is 19.8 Å². The highest BCUT2D eigenvalue weighted by Gasteiger charge is 2.35. The first-order valence-corrected chi connectivity index (χ1v) is 7.97. The first kappa shape index (κ1) is 15.9. The Bertz CT molecular complexity index is 448. The maximum Gasteiger partial charge on any atom is 0.328 e. The lowest BCUT2D eigenvalue weighted by atomic mass is 10.0. The van der Waals surface area contributed by atoms with Crippen molar-refractivity contribution in [1.82, 2.24) is 9.62 Å². The zero-order chi connectivity index (χ0) is 14.6. The van der Waals surface area contributed by atoms with E-state index in [0.29, 0.717) is 13.0 Å². The fourth-order valence-electron chi connectivity index (χ4n) is 2.11. The molecule has 1 aliphatic rings. The molecule has 7 nitrogen and oxygen atoms in total. The number of nitrogens with one attached hydrogen (secondary N) is 1. The number of esters is 1. The number of carbonyl (C=O) groups is 2. The Balaban J connectivity index is 2.76. The number of rotatable bonds is 4. The lowest BCUT2D eigenvalue weighted by molar-refractivity contribution is -0.145. The Hall–Kier alpha value is -1.15. The number of sulfonamides is 1. The Morgan fingerprint density at radius 1 is 1.37 bits per heavy atom. The molecular formula is C11H20N2O5S. The van der Waals surface area contributed by atoms with Crippen molar-refractivity contribution in [3.05, 3.63) is 0 Å². The van der Waals surface area contributed by atoms with E-state index in [1.165, 1.54) is 18.3 Å². The Morgan fingerprint density at radius 3 is 2.53 bits per heavy atom. The van der Waals surface area contributed by atoms with Crippen molar-refractivity contribution in [3.8, 4) is 0 Å². The highest BCUT2D eigenvalue weighted by Crippen LogP contribution is 2.20. The van der Waals surface area contributed by atoms with E-state index in [4.69, 9.17) is 0 Å². The van der Waals surface area contributed by atoms with E-state index in [1.807, 2.05) is 0 Å². The molecule has 8 heteroatoms. The van der Waals surface area contributed by atoms with E-state index in [2.05, 4.69) is 10.1 Å². The van der Waals surface area contributed by atoms with Crippen molar-refractivity contribution in [2.45, 2.75) is 38.3 Å². The van der Waals surface area contributed by atoms with Gasteiger partial charge in [0.05, 0.1) is 13.4 Å². The number of methoxy groups -OCH3 is 1. The normalized spacial score (nSPS) is 22.6. The molecule has 1 aliphatic heterocycles. The summed E-state index contributed by atoms with van der Waals surface area (Å²) in [5.41, 5.74) is 0. The number of carbonyl (C=O) groups excluding carboxylic acids is 2. The van der Waals surface area contributed by atoms with Crippen LogP contribution in [-0.4, -0.2) is 56.6 Å². The van der Waals surface area contributed by atoms with E-state index >= 15 is 0 Å². The van der Waals surface area contributed by atoms with Crippen molar-refractivity contribution in [2.24, 2.45) is 0 Å². The number of nitrogens with zero attached hydrogens (tertiary/aromatic N) is 1. The minimum absolute atomic E-state index is 0.337. The molecule has 0 radical (unpaired) electrons. The molecule has 0 saturated carbocycles. The highest BCUT2D eigenvalue weighted by atomic mass is 32.2. The number of hydrogen-bond donors (Lipinski definition) is 1. The fraction of sp³-hybridized carbons (Fsp3) is 0.818. The van der Waals surface area contributed by atoms with E-state index in [-0.39, 0.29) is 0 Å². The van der Waals surface area contributed by atoms with Crippen molar-refractivity contribution in [3.63, 3.8) is 0 Å². The van der Waals surface area contributed by atoms with Crippen molar-refractivity contribution in [2.75, 3.05) is 19.9 Å². The van der Waals surface area contributed by atoms with Crippen LogP contribution in [-0.2, 0) is 24.3 Å². The summed E-state index contributed by atoms with van der Waals surface area (Å²) in [6.07, 6.45) is 3.08. The number of hydrogen-bond acceptors (Lipinski definition) is 5. The average Bonchev–Trinajstić information content (AvgIpc) is 2.36. The minimum Gasteiger partial charge on any atom is -0.467 e. The van der Waals surface area contributed by atoms with Crippen LogP contribution in [0, 0.1) is 0 Å². The van der Waals surface area contributed by atoms with Crippen LogP contribution in [0.5, 0.6) is 0 Å². The number of amides is 1. The molecule has 0 aromatic rings. The summed E-state index contributed by atoms with van der Waals surface area (Å²) < 4.78 is 29.0. The monoisotopic (exact) mass is 292 g/mol. The molecule has 1 saturated heterocycles. The molecule has 19 heavy (non-hydrogen) atoms. The van der Waals surface area contributed by atoms with Gasteiger partial charge >= 0.3 is 5.97 Å². The maximum absolute atomic E-state index is 12.1. The molecule has 2 atom stereocenters. The third-order valence-electron chi connectivity index (χ3n) is 3.10. The minimum atomic E-state index is -3.43. The van der Waals surface area contributed by atoms with Crippen molar-refractivity contribution < 1.29 is 22.7 Å². The summed E-state index contributed by atoms with van der Waals surface area (Å²) in [4.78, 5) is 23.3. The van der Waals surface area contributed by atoms with Gasteiger partial charge in [0.25, 0.3) is 0 Å². The summed E-state index contributed by atoms with van der Waals surface area (Å²) in [7, 11) is -2.19. The average molecular weight is 292 g/mol. The molecule has 0 bridgehead atoms. The summed E-state index contributed by atoms with van der Waals surface area (Å²) in [5, 5.41) is 2.48. The van der Waals surface area contributed by atoms with Crippen LogP contribution in [0.15, 0.2) is 0 Å². The second kappa shape index (κ2) is 6.33. The van der Waals surface area contributed by atoms with Gasteiger partial charge in [-0.25, -0.2) is 13.2 Å². The Labute approximate surface area is 113 Å². The zero-order valence-electron chi connectivity index (χ0n) is 11.4. The number of ether oxygens (including phenoxy) is 1. The topological polar surface area (TPSA) is 92.8 Å². The Morgan fingerprint density at radius 2 is 2.00 bits per heavy atom. The second-order valence-corrected chi connectivity index (χ2v) is 6.57. The zero-order valence-corrected chi connectivity index (χ0v) is 12.2. The summed E-state index contributed by atoms with van der Waals surface area (Å²) in [6, 6.07) is -1.53. The van der Waals surface area contributed by atoms with Crippen LogP contribution >= 0.6 is 0 Å². The summed E-state index contributed by atoms with van der Waals surface area (Å²) in [6.45, 7) is 1.83. The molecule has 0 aliphatic carbocycles. The van der Waals surface area contributed by atoms with E-state index in [0.717, 1.165) is 19.1 Å². The largest absolute Gasteiger partial charge is 0.467 e. The molecule has 1 fully saturated rings. The smallest absolute Gasteiger partial charge is 0.328 e. The molecule has 110 valence electrons. The van der Waals surface area contributed by atoms with Gasteiger partial charge < -0.3 is 10.1 Å². The molecule has 0 aromatic carbocycles. The van der Waals surface area contributed by atoms with Crippen LogP contribution in [0.25, 0.3) is 0 Å². The SMILES string of the molecule is COC(=O)C(C)NC(=O)C1CCCCN1S(C)(=O)=O. The highest BCUT2D eigenvalue weighted by molar-refractivity contribution is 7.88. The quantitative estimate of drug-likeness (QED) is 0.704. The van der Waals surface area contributed by atoms with Crippen molar-refractivity contribution in [1.29, 1.82) is 0 Å². The van der Waals surface area contributed by atoms with Crippen LogP contribution in [0.1, 0.15) is 26.2 Å². The van der Waals surface area contributed by atoms with Crippen LogP contribution < -0.4 is 5.32 Å². The lowest BCUT2D eigenvalue weighted by Crippen LogP contribution is -2.54. The van der Waals surface area contributed by atoms with E-state index < -0.39 is 34.0 Å². The predicted octanol–water partition coefficient (Wildman–Crippen LogP) is -0.522. The van der Waals surface area contributed by atoms with Crippen LogP contribution in [0.4, 0.5) is 0 Å². The molecule has 0 spiro atoms. The molecule has 2 unspecified atom stereocenters. The van der Waals surface area contributed by atoms with E-state index in [1.54, 1.807) is 0 Å². The summed E-state index contributed by atoms with van der Waals surface area (Å²) >= 11 is 0. The van der Waals surface area contributed by atoms with Crippen molar-refractivity contribution >= 4 is 21.9 Å². The van der Waals surface area contributed by atoms with Gasteiger partial charge in [-0.3, -0.25) is 4.79 Å². The Kier molecular flexibility index (Phi) is 5.30. The molecule has 1 heterocycles. The summed E-state index contributed by atoms with van der Waals surface area (Å²) in [5.74, 6) is -1.02. The standard InChI is InChI=1S/C11H20N2O5S/c1-8(11(15)18-2)12-10(14)9-6-4-5-7-13(9)19(3,16)17/h8-9H,4-7H2,1-3H3,(H,12,14). The van der Waals surface area contributed by atoms with E-state index in [9.17, 15) is 18.0 Å². The molecule has 1 rings (SSSR count). The molecule has 0 aromatic heterocycles. The number of piperidine rings is 1. The van der Waals surface area contributed by atoms with Gasteiger partial charge in [-0.15, -0.1) is 0 Å². The van der Waals surface area contributed by atoms with Crippen LogP contribution in [0.2, 0.25) is 0 Å². The lowest BCUT2D eigenvalue weighted by Gasteiger charge is -2.33. The third-order valence-corrected chi connectivity index (χ3v) is 4.38. The predicted molar refractivity (Wildman–Crippen MR) is 68.8 cm³/mol. The first-order chi connectivity index (χ1) is 8.77. The fourth-order valence-corrected chi connectivity index (χ4v) is 3.23. The molecule has 1 amide bonds. The maximum atomic E-state index is 12.1.